The molecule has 0 aromatic heterocycles. The zero-order chi connectivity index (χ0) is 22.6. The molecule has 1 rings (SSSR count). The van der Waals surface area contributed by atoms with Gasteiger partial charge in [-0.15, -0.1) is 0 Å². The van der Waals surface area contributed by atoms with Crippen LogP contribution in [0.4, 0.5) is 0 Å². The average Bonchev–Trinajstić information content (AvgIpc) is 2.67. The Balaban J connectivity index is 2.93. The SMILES string of the molecule is CCOC(=O)/C=C(C)/C=C/C=C(\C)c1ccc(OCOCCOC)c(C(C)(C)C)c1. The van der Waals surface area contributed by atoms with E-state index in [2.05, 4.69) is 33.8 Å². The van der Waals surface area contributed by atoms with Crippen molar-refractivity contribution in [2.45, 2.75) is 47.0 Å². The van der Waals surface area contributed by atoms with Crippen molar-refractivity contribution in [3.05, 3.63) is 59.2 Å². The molecule has 0 bridgehead atoms. The molecule has 0 heterocycles. The molecule has 0 aliphatic carbocycles. The molecule has 1 aromatic rings. The van der Waals surface area contributed by atoms with Gasteiger partial charge in [0.15, 0.2) is 6.79 Å². The number of ether oxygens (including phenoxy) is 4. The third-order valence-electron chi connectivity index (χ3n) is 4.31. The van der Waals surface area contributed by atoms with Gasteiger partial charge in [0.2, 0.25) is 0 Å². The Morgan fingerprint density at radius 2 is 1.87 bits per heavy atom. The standard InChI is InChI=1S/C25H36O5/c1-8-29-24(26)16-19(2)10-9-11-20(3)21-12-13-23(22(17-21)25(4,5)6)30-18-28-15-14-27-7/h9-13,16-17H,8,14-15,18H2,1-7H3/b10-9+,19-16+,20-11+. The Morgan fingerprint density at radius 3 is 2.50 bits per heavy atom. The molecule has 30 heavy (non-hydrogen) atoms. The number of methoxy groups -OCH3 is 1. The smallest absolute Gasteiger partial charge is 0.330 e. The summed E-state index contributed by atoms with van der Waals surface area (Å²) >= 11 is 0. The summed E-state index contributed by atoms with van der Waals surface area (Å²) in [5.74, 6) is 0.497. The number of carbonyl (C=O) groups excluding carboxylic acids is 1. The van der Waals surface area contributed by atoms with E-state index in [-0.39, 0.29) is 18.2 Å². The van der Waals surface area contributed by atoms with Crippen LogP contribution in [0.3, 0.4) is 0 Å². The van der Waals surface area contributed by atoms with E-state index >= 15 is 0 Å². The highest BCUT2D eigenvalue weighted by Gasteiger charge is 2.20. The lowest BCUT2D eigenvalue weighted by Crippen LogP contribution is -2.15. The fourth-order valence-electron chi connectivity index (χ4n) is 2.65. The van der Waals surface area contributed by atoms with Crippen LogP contribution in [0.1, 0.15) is 52.7 Å². The molecule has 0 unspecified atom stereocenters. The van der Waals surface area contributed by atoms with E-state index in [0.717, 1.165) is 28.0 Å². The number of allylic oxidation sites excluding steroid dienone is 5. The maximum Gasteiger partial charge on any atom is 0.330 e. The van der Waals surface area contributed by atoms with Crippen molar-refractivity contribution >= 4 is 11.5 Å². The van der Waals surface area contributed by atoms with Crippen LogP contribution in [0, 0.1) is 0 Å². The number of rotatable bonds is 11. The van der Waals surface area contributed by atoms with Gasteiger partial charge >= 0.3 is 5.97 Å². The van der Waals surface area contributed by atoms with Crippen molar-refractivity contribution < 1.29 is 23.7 Å². The van der Waals surface area contributed by atoms with E-state index < -0.39 is 0 Å². The van der Waals surface area contributed by atoms with Gasteiger partial charge in [-0.25, -0.2) is 4.79 Å². The Morgan fingerprint density at radius 1 is 1.13 bits per heavy atom. The van der Waals surface area contributed by atoms with Crippen molar-refractivity contribution in [3.63, 3.8) is 0 Å². The summed E-state index contributed by atoms with van der Waals surface area (Å²) < 4.78 is 21.2. The van der Waals surface area contributed by atoms with E-state index in [1.807, 2.05) is 37.3 Å². The third kappa shape index (κ3) is 9.42. The van der Waals surface area contributed by atoms with Gasteiger partial charge < -0.3 is 18.9 Å². The Bertz CT molecular complexity index is 766. The second kappa shape index (κ2) is 13.0. The molecule has 0 atom stereocenters. The zero-order valence-corrected chi connectivity index (χ0v) is 19.4. The zero-order valence-electron chi connectivity index (χ0n) is 19.4. The fourth-order valence-corrected chi connectivity index (χ4v) is 2.65. The van der Waals surface area contributed by atoms with Crippen LogP contribution in [0.25, 0.3) is 5.57 Å². The molecule has 0 spiro atoms. The van der Waals surface area contributed by atoms with Crippen molar-refractivity contribution in [2.75, 3.05) is 33.7 Å². The molecular formula is C25H36O5. The number of hydrogen-bond donors (Lipinski definition) is 0. The Kier molecular flexibility index (Phi) is 11.2. The molecule has 0 saturated heterocycles. The average molecular weight is 417 g/mol. The van der Waals surface area contributed by atoms with Gasteiger partial charge in [-0.2, -0.15) is 0 Å². The third-order valence-corrected chi connectivity index (χ3v) is 4.31. The predicted molar refractivity (Wildman–Crippen MR) is 122 cm³/mol. The lowest BCUT2D eigenvalue weighted by atomic mass is 9.84. The summed E-state index contributed by atoms with van der Waals surface area (Å²) in [4.78, 5) is 11.5. The fraction of sp³-hybridized carbons (Fsp3) is 0.480. The largest absolute Gasteiger partial charge is 0.467 e. The molecule has 166 valence electrons. The van der Waals surface area contributed by atoms with E-state index in [9.17, 15) is 4.79 Å². The summed E-state index contributed by atoms with van der Waals surface area (Å²) in [6, 6.07) is 6.19. The molecule has 0 amide bonds. The van der Waals surface area contributed by atoms with Gasteiger partial charge in [-0.3, -0.25) is 0 Å². The summed E-state index contributed by atoms with van der Waals surface area (Å²) in [6.07, 6.45) is 7.34. The van der Waals surface area contributed by atoms with E-state index in [0.29, 0.717) is 19.8 Å². The van der Waals surface area contributed by atoms with Crippen molar-refractivity contribution in [3.8, 4) is 5.75 Å². The quantitative estimate of drug-likeness (QED) is 0.158. The summed E-state index contributed by atoms with van der Waals surface area (Å²) in [5, 5.41) is 0. The topological polar surface area (TPSA) is 54.0 Å². The molecule has 0 aliphatic rings. The van der Waals surface area contributed by atoms with Crippen molar-refractivity contribution in [1.82, 2.24) is 0 Å². The minimum Gasteiger partial charge on any atom is -0.467 e. The molecule has 0 N–H and O–H groups in total. The highest BCUT2D eigenvalue weighted by molar-refractivity contribution is 5.83. The normalized spacial score (nSPS) is 13.0. The van der Waals surface area contributed by atoms with Gasteiger partial charge in [0.1, 0.15) is 5.75 Å². The molecule has 0 radical (unpaired) electrons. The highest BCUT2D eigenvalue weighted by Crippen LogP contribution is 2.34. The van der Waals surface area contributed by atoms with Crippen molar-refractivity contribution in [2.24, 2.45) is 0 Å². The second-order valence-electron chi connectivity index (χ2n) is 7.97. The molecule has 5 nitrogen and oxygen atoms in total. The van der Waals surface area contributed by atoms with Gasteiger partial charge in [0, 0.05) is 18.7 Å². The van der Waals surface area contributed by atoms with Crippen LogP contribution >= 0.6 is 0 Å². The molecule has 1 aromatic carbocycles. The van der Waals surface area contributed by atoms with E-state index in [4.69, 9.17) is 18.9 Å². The highest BCUT2D eigenvalue weighted by atomic mass is 16.7. The predicted octanol–water partition coefficient (Wildman–Crippen LogP) is 5.45. The molecular weight excluding hydrogens is 380 g/mol. The molecule has 0 saturated carbocycles. The van der Waals surface area contributed by atoms with Gasteiger partial charge in [0.05, 0.1) is 19.8 Å². The number of carbonyl (C=O) groups is 1. The van der Waals surface area contributed by atoms with Crippen LogP contribution in [0.15, 0.2) is 48.1 Å². The van der Waals surface area contributed by atoms with Gasteiger partial charge in [-0.1, -0.05) is 45.1 Å². The molecule has 5 heteroatoms. The Labute approximate surface area is 181 Å². The van der Waals surface area contributed by atoms with Gasteiger partial charge in [-0.05, 0) is 55.0 Å². The monoisotopic (exact) mass is 416 g/mol. The lowest BCUT2D eigenvalue weighted by Gasteiger charge is -2.24. The first-order valence-electron chi connectivity index (χ1n) is 10.2. The van der Waals surface area contributed by atoms with Crippen LogP contribution in [-0.4, -0.2) is 39.7 Å². The molecule has 0 fully saturated rings. The summed E-state index contributed by atoms with van der Waals surface area (Å²) in [7, 11) is 1.64. The first-order valence-corrected chi connectivity index (χ1v) is 10.2. The maximum absolute atomic E-state index is 11.5. The van der Waals surface area contributed by atoms with E-state index in [1.54, 1.807) is 14.0 Å². The number of esters is 1. The molecule has 0 aliphatic heterocycles. The first-order chi connectivity index (χ1) is 14.2. The Hall–Kier alpha value is -2.37. The van der Waals surface area contributed by atoms with Crippen LogP contribution < -0.4 is 4.74 Å². The minimum atomic E-state index is -0.322. The first kappa shape index (κ1) is 25.7. The van der Waals surface area contributed by atoms with Crippen molar-refractivity contribution in [1.29, 1.82) is 0 Å². The lowest BCUT2D eigenvalue weighted by molar-refractivity contribution is -0.137. The number of hydrogen-bond acceptors (Lipinski definition) is 5. The summed E-state index contributed by atoms with van der Waals surface area (Å²) in [6.45, 7) is 13.8. The number of benzene rings is 1. The second-order valence-corrected chi connectivity index (χ2v) is 7.97. The van der Waals surface area contributed by atoms with E-state index in [1.165, 1.54) is 6.08 Å². The maximum atomic E-state index is 11.5. The van der Waals surface area contributed by atoms with Crippen LogP contribution in [0.2, 0.25) is 0 Å². The van der Waals surface area contributed by atoms with Crippen LogP contribution in [-0.2, 0) is 24.4 Å². The van der Waals surface area contributed by atoms with Gasteiger partial charge in [0.25, 0.3) is 0 Å². The summed E-state index contributed by atoms with van der Waals surface area (Å²) in [5.41, 5.74) is 4.11. The minimum absolute atomic E-state index is 0.0764. The van der Waals surface area contributed by atoms with Crippen LogP contribution in [0.5, 0.6) is 5.75 Å².